The highest BCUT2D eigenvalue weighted by Gasteiger charge is 2.49. The highest BCUT2D eigenvalue weighted by molar-refractivity contribution is 9.10. The third-order valence-corrected chi connectivity index (χ3v) is 5.49. The van der Waals surface area contributed by atoms with Crippen molar-refractivity contribution in [2.24, 2.45) is 5.92 Å². The summed E-state index contributed by atoms with van der Waals surface area (Å²) >= 11 is 3.49. The molecule has 4 aliphatic rings. The average molecular weight is 349 g/mol. The Bertz CT molecular complexity index is 617. The van der Waals surface area contributed by atoms with Crippen LogP contribution in [0.5, 0.6) is 0 Å². The van der Waals surface area contributed by atoms with Gasteiger partial charge in [-0.3, -0.25) is 10.2 Å². The number of nitrogens with zero attached hydrogens (tertiary/aromatic N) is 1. The Morgan fingerprint density at radius 3 is 2.57 bits per heavy atom. The third kappa shape index (κ3) is 2.02. The molecule has 1 unspecified atom stereocenters. The molecule has 1 aromatic carbocycles. The van der Waals surface area contributed by atoms with E-state index in [1.807, 2.05) is 5.01 Å². The summed E-state index contributed by atoms with van der Waals surface area (Å²) in [5, 5.41) is 1.82. The zero-order valence-corrected chi connectivity index (χ0v) is 13.6. The number of carbonyl (C=O) groups excluding carboxylic acids is 1. The molecule has 2 N–H and O–H groups in total. The van der Waals surface area contributed by atoms with Gasteiger partial charge >= 0.3 is 0 Å². The highest BCUT2D eigenvalue weighted by atomic mass is 79.9. The van der Waals surface area contributed by atoms with Gasteiger partial charge in [0.05, 0.1) is 18.8 Å². The maximum Gasteiger partial charge on any atom is 0.238 e. The summed E-state index contributed by atoms with van der Waals surface area (Å²) < 4.78 is 1.07. The summed E-state index contributed by atoms with van der Waals surface area (Å²) in [7, 11) is 0. The molecule has 2 bridgehead atoms. The van der Waals surface area contributed by atoms with Gasteiger partial charge in [-0.15, -0.1) is 0 Å². The average Bonchev–Trinajstić information content (AvgIpc) is 2.92. The van der Waals surface area contributed by atoms with Crippen molar-refractivity contribution in [3.05, 3.63) is 45.7 Å². The number of benzene rings is 1. The smallest absolute Gasteiger partial charge is 0.238 e. The first-order chi connectivity index (χ1) is 10.1. The summed E-state index contributed by atoms with van der Waals surface area (Å²) in [4.78, 5) is 13.6. The second-order valence-electron chi connectivity index (χ2n) is 6.16. The van der Waals surface area contributed by atoms with Crippen molar-refractivity contribution in [3.63, 3.8) is 0 Å². The van der Waals surface area contributed by atoms with Crippen molar-refractivity contribution in [2.45, 2.75) is 25.8 Å². The summed E-state index contributed by atoms with van der Waals surface area (Å²) in [6, 6.07) is 8.38. The minimum absolute atomic E-state index is 0.0451. The number of nitrogens with one attached hydrogen (secondary N) is 2. The molecule has 5 rings (SSSR count). The molecular formula is C16H19BrN3O+. The molecule has 0 spiro atoms. The van der Waals surface area contributed by atoms with Gasteiger partial charge in [-0.2, -0.15) is 0 Å². The number of amides is 1. The maximum absolute atomic E-state index is 12.1. The Morgan fingerprint density at radius 2 is 1.95 bits per heavy atom. The van der Waals surface area contributed by atoms with Gasteiger partial charge in [0.2, 0.25) is 5.91 Å². The number of hydrogen-bond donors (Lipinski definition) is 2. The predicted molar refractivity (Wildman–Crippen MR) is 83.0 cm³/mol. The Kier molecular flexibility index (Phi) is 3.08. The van der Waals surface area contributed by atoms with E-state index in [0.717, 1.165) is 4.47 Å². The fraction of sp³-hybridized carbons (Fsp3) is 0.438. The first-order valence-electron chi connectivity index (χ1n) is 7.56. The Labute approximate surface area is 132 Å². The maximum atomic E-state index is 12.1. The predicted octanol–water partition coefficient (Wildman–Crippen LogP) is 1.38. The number of rotatable bonds is 1. The molecule has 110 valence electrons. The molecule has 0 aromatic heterocycles. The van der Waals surface area contributed by atoms with E-state index in [0.29, 0.717) is 5.92 Å². The van der Waals surface area contributed by atoms with Gasteiger partial charge in [0, 0.05) is 30.2 Å². The van der Waals surface area contributed by atoms with Crippen LogP contribution in [0, 0.1) is 5.92 Å². The lowest BCUT2D eigenvalue weighted by molar-refractivity contribution is -0.875. The lowest BCUT2D eigenvalue weighted by Gasteiger charge is -2.36. The van der Waals surface area contributed by atoms with E-state index in [9.17, 15) is 4.79 Å². The number of fused-ring (bicyclic) bond motifs is 2. The van der Waals surface area contributed by atoms with Crippen LogP contribution >= 0.6 is 15.9 Å². The Balaban J connectivity index is 1.80. The van der Waals surface area contributed by atoms with Gasteiger partial charge in [0.25, 0.3) is 0 Å². The van der Waals surface area contributed by atoms with E-state index in [1.54, 1.807) is 11.8 Å². The van der Waals surface area contributed by atoms with Crippen molar-refractivity contribution >= 4 is 21.8 Å². The van der Waals surface area contributed by atoms with Gasteiger partial charge in [-0.05, 0) is 17.7 Å². The Hall–Kier alpha value is -1.33. The van der Waals surface area contributed by atoms with E-state index >= 15 is 0 Å². The van der Waals surface area contributed by atoms with Crippen LogP contribution in [-0.4, -0.2) is 24.0 Å². The monoisotopic (exact) mass is 348 g/mol. The number of piperidine rings is 1. The summed E-state index contributed by atoms with van der Waals surface area (Å²) in [5.74, 6) is 0.692. The normalized spacial score (nSPS) is 30.4. The highest BCUT2D eigenvalue weighted by Crippen LogP contribution is 2.39. The number of halogens is 1. The number of quaternary nitrogens is 1. The summed E-state index contributed by atoms with van der Waals surface area (Å²) in [5.41, 5.74) is 7.31. The van der Waals surface area contributed by atoms with Crippen LogP contribution in [0.3, 0.4) is 0 Å². The minimum Gasteiger partial charge on any atom is -0.302 e. The number of hydrogen-bond acceptors (Lipinski definition) is 2. The molecule has 4 heterocycles. The zero-order chi connectivity index (χ0) is 14.6. The Morgan fingerprint density at radius 1 is 1.29 bits per heavy atom. The molecule has 1 fully saturated rings. The van der Waals surface area contributed by atoms with Crippen LogP contribution in [0.25, 0.3) is 0 Å². The molecule has 0 aliphatic carbocycles. The largest absolute Gasteiger partial charge is 0.302 e. The van der Waals surface area contributed by atoms with E-state index in [1.165, 1.54) is 42.9 Å². The number of carbonyl (C=O) groups is 1. The lowest BCUT2D eigenvalue weighted by atomic mass is 9.85. The van der Waals surface area contributed by atoms with Crippen LogP contribution in [0.2, 0.25) is 0 Å². The standard InChI is InChI=1S/C16H18BrN3O/c1-10(21)20-15(12-2-4-13(17)5-3-12)16-14(18-20)11-6-8-19(16)9-7-11/h2-5,11,15,18H,6-9H2,1H3/p+1. The van der Waals surface area contributed by atoms with Crippen LogP contribution < -0.4 is 10.3 Å². The first-order valence-corrected chi connectivity index (χ1v) is 8.35. The SMILES string of the molecule is CC(=O)N1NC2=C(C1c1ccc(Br)cc1)[NH+]1CCC2CC1. The van der Waals surface area contributed by atoms with Crippen molar-refractivity contribution in [1.29, 1.82) is 0 Å². The third-order valence-electron chi connectivity index (χ3n) is 4.97. The van der Waals surface area contributed by atoms with Gasteiger partial charge in [0.1, 0.15) is 0 Å². The molecule has 5 heteroatoms. The van der Waals surface area contributed by atoms with Crippen molar-refractivity contribution in [2.75, 3.05) is 13.1 Å². The van der Waals surface area contributed by atoms with Crippen LogP contribution in [0.1, 0.15) is 31.4 Å². The van der Waals surface area contributed by atoms with Gasteiger partial charge < -0.3 is 4.90 Å². The van der Waals surface area contributed by atoms with E-state index in [4.69, 9.17) is 0 Å². The molecule has 1 aromatic rings. The molecule has 1 atom stereocenters. The minimum atomic E-state index is 0.0451. The first kappa shape index (κ1) is 13.3. The fourth-order valence-corrected chi connectivity index (χ4v) is 4.24. The van der Waals surface area contributed by atoms with Crippen LogP contribution in [0.15, 0.2) is 40.1 Å². The molecule has 21 heavy (non-hydrogen) atoms. The fourth-order valence-electron chi connectivity index (χ4n) is 3.97. The molecule has 1 saturated heterocycles. The zero-order valence-electron chi connectivity index (χ0n) is 12.0. The molecule has 1 amide bonds. The van der Waals surface area contributed by atoms with Gasteiger partial charge in [0.15, 0.2) is 11.7 Å². The van der Waals surface area contributed by atoms with Crippen molar-refractivity contribution < 1.29 is 9.69 Å². The van der Waals surface area contributed by atoms with Crippen LogP contribution in [0.4, 0.5) is 0 Å². The quantitative estimate of drug-likeness (QED) is 0.804. The molecule has 4 nitrogen and oxygen atoms in total. The van der Waals surface area contributed by atoms with E-state index in [2.05, 4.69) is 45.6 Å². The second kappa shape index (κ2) is 4.85. The number of hydrazine groups is 1. The van der Waals surface area contributed by atoms with Gasteiger partial charge in [-0.1, -0.05) is 28.1 Å². The molecular weight excluding hydrogens is 330 g/mol. The van der Waals surface area contributed by atoms with Gasteiger partial charge in [-0.25, -0.2) is 5.01 Å². The van der Waals surface area contributed by atoms with Crippen molar-refractivity contribution in [3.8, 4) is 0 Å². The van der Waals surface area contributed by atoms with Crippen molar-refractivity contribution in [1.82, 2.24) is 10.4 Å². The topological polar surface area (TPSA) is 36.8 Å². The molecule has 0 saturated carbocycles. The van der Waals surface area contributed by atoms with E-state index in [-0.39, 0.29) is 11.9 Å². The molecule has 4 aliphatic heterocycles. The molecule has 0 radical (unpaired) electrons. The second-order valence-corrected chi connectivity index (χ2v) is 7.08. The summed E-state index contributed by atoms with van der Waals surface area (Å²) in [6.45, 7) is 4.04. The number of allylic oxidation sites excluding steroid dienone is 1. The lowest BCUT2D eigenvalue weighted by Crippen LogP contribution is -3.13. The van der Waals surface area contributed by atoms with E-state index < -0.39 is 0 Å². The summed E-state index contributed by atoms with van der Waals surface area (Å²) in [6.07, 6.45) is 2.47. The van der Waals surface area contributed by atoms with Crippen LogP contribution in [-0.2, 0) is 4.79 Å².